The van der Waals surface area contributed by atoms with E-state index in [4.69, 9.17) is 0 Å². The fraction of sp³-hybridized carbons (Fsp3) is 0.533. The highest BCUT2D eigenvalue weighted by Gasteiger charge is 2.25. The average Bonchev–Trinajstić information content (AvgIpc) is 2.34. The molecule has 2 unspecified atom stereocenters. The first-order chi connectivity index (χ1) is 9.06. The van der Waals surface area contributed by atoms with Crippen LogP contribution >= 0.6 is 0 Å². The summed E-state index contributed by atoms with van der Waals surface area (Å²) in [4.78, 5) is 12.0. The van der Waals surface area contributed by atoms with Crippen molar-refractivity contribution >= 4 is 5.91 Å². The van der Waals surface area contributed by atoms with Crippen molar-refractivity contribution in [1.29, 1.82) is 0 Å². The minimum absolute atomic E-state index is 0.0220. The number of hydrogen-bond acceptors (Lipinski definition) is 3. The largest absolute Gasteiger partial charge is 0.508 e. The number of phenols is 1. The van der Waals surface area contributed by atoms with E-state index in [0.717, 1.165) is 18.4 Å². The Hall–Kier alpha value is -1.55. The second-order valence-corrected chi connectivity index (χ2v) is 5.42. The third kappa shape index (κ3) is 3.70. The van der Waals surface area contributed by atoms with E-state index < -0.39 is 0 Å². The summed E-state index contributed by atoms with van der Waals surface area (Å²) in [6.07, 6.45) is 3.76. The third-order valence-corrected chi connectivity index (χ3v) is 3.72. The molecule has 1 aromatic rings. The molecule has 0 bridgehead atoms. The van der Waals surface area contributed by atoms with Gasteiger partial charge in [0, 0.05) is 12.1 Å². The van der Waals surface area contributed by atoms with Gasteiger partial charge in [-0.25, -0.2) is 5.01 Å². The summed E-state index contributed by atoms with van der Waals surface area (Å²) in [6, 6.07) is 7.61. The molecule has 1 aliphatic rings. The fourth-order valence-corrected chi connectivity index (χ4v) is 2.68. The lowest BCUT2D eigenvalue weighted by Gasteiger charge is -2.38. The number of carbonyl (C=O) groups is 1. The van der Waals surface area contributed by atoms with Crippen molar-refractivity contribution in [2.75, 3.05) is 0 Å². The molecule has 1 saturated heterocycles. The van der Waals surface area contributed by atoms with Gasteiger partial charge in [0.1, 0.15) is 5.75 Å². The molecule has 1 fully saturated rings. The zero-order valence-corrected chi connectivity index (χ0v) is 11.6. The van der Waals surface area contributed by atoms with Gasteiger partial charge in [-0.2, -0.15) is 0 Å². The van der Waals surface area contributed by atoms with Gasteiger partial charge in [0.2, 0.25) is 5.91 Å². The number of phenolic OH excluding ortho intramolecular Hbond substituents is 1. The Morgan fingerprint density at radius 1 is 1.37 bits per heavy atom. The lowest BCUT2D eigenvalue weighted by molar-refractivity contribution is -0.128. The normalized spacial score (nSPS) is 24.1. The van der Waals surface area contributed by atoms with Gasteiger partial charge in [-0.05, 0) is 44.4 Å². The second-order valence-electron chi connectivity index (χ2n) is 5.42. The molecule has 0 saturated carbocycles. The Bertz CT molecular complexity index is 438. The van der Waals surface area contributed by atoms with Crippen LogP contribution in [0.4, 0.5) is 0 Å². The number of rotatable bonds is 3. The maximum absolute atomic E-state index is 12.0. The highest BCUT2D eigenvalue weighted by Crippen LogP contribution is 2.20. The molecule has 1 aromatic carbocycles. The monoisotopic (exact) mass is 262 g/mol. The molecule has 104 valence electrons. The number of nitrogens with one attached hydrogen (secondary N) is 1. The summed E-state index contributed by atoms with van der Waals surface area (Å²) in [5.74, 6) is 0.177. The summed E-state index contributed by atoms with van der Waals surface area (Å²) < 4.78 is 0. The van der Waals surface area contributed by atoms with Crippen LogP contribution in [0.25, 0.3) is 0 Å². The van der Waals surface area contributed by atoms with Gasteiger partial charge in [0.15, 0.2) is 0 Å². The number of piperidine rings is 1. The molecule has 0 spiro atoms. The van der Waals surface area contributed by atoms with Crippen molar-refractivity contribution in [2.45, 2.75) is 51.6 Å². The Morgan fingerprint density at radius 2 is 2.05 bits per heavy atom. The Morgan fingerprint density at radius 3 is 2.68 bits per heavy atom. The molecule has 4 heteroatoms. The number of carbonyl (C=O) groups excluding carboxylic acids is 1. The number of benzene rings is 1. The summed E-state index contributed by atoms with van der Waals surface area (Å²) in [5, 5.41) is 11.5. The van der Waals surface area contributed by atoms with E-state index in [1.165, 1.54) is 6.42 Å². The van der Waals surface area contributed by atoms with Gasteiger partial charge in [0.05, 0.1) is 6.42 Å². The number of hydrazine groups is 1. The topological polar surface area (TPSA) is 52.6 Å². The molecule has 19 heavy (non-hydrogen) atoms. The van der Waals surface area contributed by atoms with Gasteiger partial charge in [-0.15, -0.1) is 0 Å². The SMILES string of the molecule is CC1CCCC(C)N1NC(=O)Cc1cccc(O)c1. The first-order valence-electron chi connectivity index (χ1n) is 6.92. The second kappa shape index (κ2) is 6.06. The van der Waals surface area contributed by atoms with Crippen molar-refractivity contribution in [1.82, 2.24) is 10.4 Å². The maximum atomic E-state index is 12.0. The van der Waals surface area contributed by atoms with Gasteiger partial charge in [-0.1, -0.05) is 18.6 Å². The summed E-state index contributed by atoms with van der Waals surface area (Å²) in [6.45, 7) is 4.29. The molecule has 0 aliphatic carbocycles. The molecule has 1 amide bonds. The van der Waals surface area contributed by atoms with Crippen molar-refractivity contribution in [2.24, 2.45) is 0 Å². The fourth-order valence-electron chi connectivity index (χ4n) is 2.68. The van der Waals surface area contributed by atoms with Crippen LogP contribution in [-0.4, -0.2) is 28.1 Å². The zero-order chi connectivity index (χ0) is 13.8. The Kier molecular flexibility index (Phi) is 4.43. The van der Waals surface area contributed by atoms with Crippen LogP contribution in [0.2, 0.25) is 0 Å². The van der Waals surface area contributed by atoms with Crippen molar-refractivity contribution < 1.29 is 9.90 Å². The van der Waals surface area contributed by atoms with Gasteiger partial charge < -0.3 is 5.11 Å². The molecular weight excluding hydrogens is 240 g/mol. The number of nitrogens with zero attached hydrogens (tertiary/aromatic N) is 1. The quantitative estimate of drug-likeness (QED) is 0.878. The predicted octanol–water partition coefficient (Wildman–Crippen LogP) is 2.23. The molecule has 1 aliphatic heterocycles. The van der Waals surface area contributed by atoms with Crippen LogP contribution in [-0.2, 0) is 11.2 Å². The number of hydrogen-bond donors (Lipinski definition) is 2. The van der Waals surface area contributed by atoms with Crippen LogP contribution in [0.1, 0.15) is 38.7 Å². The van der Waals surface area contributed by atoms with Crippen LogP contribution in [0.15, 0.2) is 24.3 Å². The zero-order valence-electron chi connectivity index (χ0n) is 11.6. The highest BCUT2D eigenvalue weighted by atomic mass is 16.3. The van der Waals surface area contributed by atoms with E-state index in [1.54, 1.807) is 18.2 Å². The Labute approximate surface area is 114 Å². The Balaban J connectivity index is 1.93. The van der Waals surface area contributed by atoms with Crippen LogP contribution in [0, 0.1) is 0 Å². The van der Waals surface area contributed by atoms with Crippen molar-refractivity contribution in [3.05, 3.63) is 29.8 Å². The maximum Gasteiger partial charge on any atom is 0.238 e. The number of aromatic hydroxyl groups is 1. The summed E-state index contributed by atoms with van der Waals surface area (Å²) in [5.41, 5.74) is 3.83. The molecule has 1 heterocycles. The van der Waals surface area contributed by atoms with E-state index in [0.29, 0.717) is 18.5 Å². The average molecular weight is 262 g/mol. The standard InChI is InChI=1S/C15H22N2O2/c1-11-5-3-6-12(2)17(11)16-15(19)10-13-7-4-8-14(18)9-13/h4,7-9,11-12,18H,3,5-6,10H2,1-2H3,(H,16,19). The molecule has 0 radical (unpaired) electrons. The van der Waals surface area contributed by atoms with E-state index in [2.05, 4.69) is 24.3 Å². The predicted molar refractivity (Wildman–Crippen MR) is 74.6 cm³/mol. The van der Waals surface area contributed by atoms with E-state index >= 15 is 0 Å². The highest BCUT2D eigenvalue weighted by molar-refractivity contribution is 5.78. The lowest BCUT2D eigenvalue weighted by Crippen LogP contribution is -2.54. The molecule has 2 rings (SSSR count). The molecule has 2 atom stereocenters. The smallest absolute Gasteiger partial charge is 0.238 e. The van der Waals surface area contributed by atoms with Crippen LogP contribution < -0.4 is 5.43 Å². The molecule has 4 nitrogen and oxygen atoms in total. The minimum Gasteiger partial charge on any atom is -0.508 e. The summed E-state index contributed by atoms with van der Waals surface area (Å²) in [7, 11) is 0. The molecular formula is C15H22N2O2. The number of amides is 1. The van der Waals surface area contributed by atoms with Gasteiger partial charge >= 0.3 is 0 Å². The van der Waals surface area contributed by atoms with Crippen molar-refractivity contribution in [3.63, 3.8) is 0 Å². The van der Waals surface area contributed by atoms with E-state index in [-0.39, 0.29) is 11.7 Å². The van der Waals surface area contributed by atoms with E-state index in [1.807, 2.05) is 6.07 Å². The summed E-state index contributed by atoms with van der Waals surface area (Å²) >= 11 is 0. The van der Waals surface area contributed by atoms with E-state index in [9.17, 15) is 9.90 Å². The first kappa shape index (κ1) is 13.9. The van der Waals surface area contributed by atoms with Crippen LogP contribution in [0.5, 0.6) is 5.75 Å². The minimum atomic E-state index is -0.0220. The molecule has 0 aromatic heterocycles. The first-order valence-corrected chi connectivity index (χ1v) is 6.92. The lowest BCUT2D eigenvalue weighted by atomic mass is 10.00. The molecule has 2 N–H and O–H groups in total. The van der Waals surface area contributed by atoms with Gasteiger partial charge in [0.25, 0.3) is 0 Å². The van der Waals surface area contributed by atoms with Crippen LogP contribution in [0.3, 0.4) is 0 Å². The van der Waals surface area contributed by atoms with Crippen molar-refractivity contribution in [3.8, 4) is 5.75 Å². The van der Waals surface area contributed by atoms with Gasteiger partial charge in [-0.3, -0.25) is 10.2 Å². The third-order valence-electron chi connectivity index (χ3n) is 3.72.